The third-order valence-corrected chi connectivity index (χ3v) is 14.9. The topological polar surface area (TPSA) is 60.8 Å². The van der Waals surface area contributed by atoms with Gasteiger partial charge in [-0.1, -0.05) is 80.6 Å². The predicted molar refractivity (Wildman–Crippen MR) is 182 cm³/mol. The first-order chi connectivity index (χ1) is 21.5. The number of nitrogens with zero attached hydrogens (tertiary/aromatic N) is 1. The number of ketones is 1. The molecule has 0 amide bonds. The smallest absolute Gasteiger partial charge is 0.199 e. The fraction of sp³-hybridized carbons (Fsp3) is 0.525. The fourth-order valence-corrected chi connectivity index (χ4v) is 12.3. The molecule has 0 radical (unpaired) electrons. The summed E-state index contributed by atoms with van der Waals surface area (Å²) in [5.74, 6) is 0.655. The number of fused-ring (bicyclic) bond motifs is 2. The number of rotatable bonds is 7. The highest BCUT2D eigenvalue weighted by molar-refractivity contribution is 7.21. The summed E-state index contributed by atoms with van der Waals surface area (Å²) in [6.07, 6.45) is 13.9. The molecule has 236 valence electrons. The van der Waals surface area contributed by atoms with E-state index in [9.17, 15) is 15.0 Å². The number of Topliss-reactive ketones (excluding diaryl/α,β-unsaturated/α-hetero) is 1. The highest BCUT2D eigenvalue weighted by Crippen LogP contribution is 2.78. The monoisotopic (exact) mass is 621 g/mol. The van der Waals surface area contributed by atoms with Crippen molar-refractivity contribution in [2.24, 2.45) is 33.5 Å². The molecule has 0 saturated heterocycles. The van der Waals surface area contributed by atoms with Gasteiger partial charge in [0.05, 0.1) is 16.6 Å². The van der Waals surface area contributed by atoms with E-state index in [0.717, 1.165) is 72.0 Å². The minimum absolute atomic E-state index is 0.0145. The van der Waals surface area contributed by atoms with Gasteiger partial charge >= 0.3 is 0 Å². The zero-order chi connectivity index (χ0) is 31.2. The Kier molecular flexibility index (Phi) is 6.76. The highest BCUT2D eigenvalue weighted by Gasteiger charge is 2.74. The second-order valence-electron chi connectivity index (χ2n) is 15.8. The molecule has 8 unspecified atom stereocenters. The Labute approximate surface area is 271 Å². The first kappa shape index (κ1) is 29.8. The van der Waals surface area contributed by atoms with Crippen molar-refractivity contribution >= 4 is 27.2 Å². The number of carbonyl (C=O) groups is 1. The van der Waals surface area contributed by atoms with Gasteiger partial charge in [-0.2, -0.15) is 0 Å². The van der Waals surface area contributed by atoms with Crippen molar-refractivity contribution in [3.63, 3.8) is 0 Å². The maximum Gasteiger partial charge on any atom is 0.199 e. The standard InChI is InChI=1S/C40H47NO3S/c1-36-17-13-29(42)24-38(36)20-21-40(30(25-38)35(43)32-23-28-11-7-8-12-31(28)45-32)33(36)14-18-37(2)34(40)15-19-39(37,44)26-41(3)22-16-27-9-5-4-6-10-27/h4-12,20-21,23,25,29,33-34,42,44H,13-19,22,24,26H2,1-3H3. The van der Waals surface area contributed by atoms with Crippen molar-refractivity contribution in [2.45, 2.75) is 76.9 Å². The average Bonchev–Trinajstić information content (AvgIpc) is 3.58. The summed E-state index contributed by atoms with van der Waals surface area (Å²) in [6.45, 7) is 6.35. The van der Waals surface area contributed by atoms with Crippen LogP contribution in [-0.2, 0) is 6.42 Å². The van der Waals surface area contributed by atoms with E-state index in [-0.39, 0.29) is 34.1 Å². The Bertz CT molecular complexity index is 1680. The molecule has 3 aromatic rings. The van der Waals surface area contributed by atoms with Gasteiger partial charge in [0.15, 0.2) is 5.78 Å². The maximum absolute atomic E-state index is 14.9. The molecular formula is C40H47NO3S. The third-order valence-electron chi connectivity index (χ3n) is 13.8. The number of hydrogen-bond donors (Lipinski definition) is 2. The van der Waals surface area contributed by atoms with Gasteiger partial charge < -0.3 is 15.1 Å². The molecule has 9 rings (SSSR count). The van der Waals surface area contributed by atoms with Gasteiger partial charge in [-0.15, -0.1) is 11.3 Å². The average molecular weight is 622 g/mol. The normalized spacial score (nSPS) is 39.9. The Morgan fingerprint density at radius 1 is 0.933 bits per heavy atom. The van der Waals surface area contributed by atoms with Crippen LogP contribution in [-0.4, -0.2) is 52.7 Å². The second kappa shape index (κ2) is 10.2. The van der Waals surface area contributed by atoms with Gasteiger partial charge in [-0.05, 0) is 98.7 Å². The number of aliphatic hydroxyl groups excluding tert-OH is 1. The number of thiophene rings is 1. The largest absolute Gasteiger partial charge is 0.393 e. The van der Waals surface area contributed by atoms with E-state index in [2.05, 4.69) is 92.6 Å². The van der Waals surface area contributed by atoms with E-state index < -0.39 is 11.0 Å². The maximum atomic E-state index is 14.9. The summed E-state index contributed by atoms with van der Waals surface area (Å²) >= 11 is 1.61. The Balaban J connectivity index is 1.19. The van der Waals surface area contributed by atoms with Crippen LogP contribution in [0.5, 0.6) is 0 Å². The van der Waals surface area contributed by atoms with Crippen LogP contribution >= 0.6 is 11.3 Å². The fourth-order valence-electron chi connectivity index (χ4n) is 11.3. The molecule has 45 heavy (non-hydrogen) atoms. The van der Waals surface area contributed by atoms with E-state index in [1.54, 1.807) is 11.3 Å². The van der Waals surface area contributed by atoms with Gasteiger partial charge in [0.25, 0.3) is 0 Å². The minimum Gasteiger partial charge on any atom is -0.393 e. The van der Waals surface area contributed by atoms with Crippen LogP contribution in [0.25, 0.3) is 10.1 Å². The number of hydrogen-bond acceptors (Lipinski definition) is 5. The molecule has 0 aliphatic heterocycles. The molecule has 2 N–H and O–H groups in total. The Morgan fingerprint density at radius 3 is 2.44 bits per heavy atom. The first-order valence-corrected chi connectivity index (χ1v) is 18.0. The van der Waals surface area contributed by atoms with Crippen LogP contribution in [0.1, 0.15) is 74.0 Å². The molecule has 2 aromatic carbocycles. The number of carbonyl (C=O) groups excluding carboxylic acids is 1. The molecule has 1 heterocycles. The number of benzene rings is 2. The van der Waals surface area contributed by atoms with Crippen molar-refractivity contribution in [1.29, 1.82) is 0 Å². The van der Waals surface area contributed by atoms with Crippen molar-refractivity contribution in [3.8, 4) is 0 Å². The van der Waals surface area contributed by atoms with E-state index in [4.69, 9.17) is 0 Å². The van der Waals surface area contributed by atoms with E-state index >= 15 is 0 Å². The summed E-state index contributed by atoms with van der Waals surface area (Å²) < 4.78 is 1.14. The summed E-state index contributed by atoms with van der Waals surface area (Å²) in [5.41, 5.74) is 0.411. The first-order valence-electron chi connectivity index (χ1n) is 17.1. The lowest BCUT2D eigenvalue weighted by Gasteiger charge is -2.71. The lowest BCUT2D eigenvalue weighted by atomic mass is 9.32. The van der Waals surface area contributed by atoms with Crippen molar-refractivity contribution in [1.82, 2.24) is 4.90 Å². The van der Waals surface area contributed by atoms with Gasteiger partial charge in [-0.25, -0.2) is 0 Å². The Hall–Kier alpha value is -2.57. The van der Waals surface area contributed by atoms with Crippen LogP contribution in [0.15, 0.2) is 84.5 Å². The molecule has 1 aromatic heterocycles. The number of aliphatic hydroxyl groups is 2. The van der Waals surface area contributed by atoms with Gasteiger partial charge in [0, 0.05) is 39.6 Å². The molecule has 5 heteroatoms. The third kappa shape index (κ3) is 4.09. The second-order valence-corrected chi connectivity index (χ2v) is 16.8. The van der Waals surface area contributed by atoms with E-state index in [0.29, 0.717) is 18.9 Å². The molecule has 3 fully saturated rings. The van der Waals surface area contributed by atoms with Crippen LogP contribution in [0.2, 0.25) is 0 Å². The number of likely N-dealkylation sites (N-methyl/N-ethyl adjacent to an activating group) is 1. The molecule has 3 saturated carbocycles. The van der Waals surface area contributed by atoms with Crippen molar-refractivity contribution in [2.75, 3.05) is 20.1 Å². The summed E-state index contributed by atoms with van der Waals surface area (Å²) in [6, 6.07) is 21.0. The molecule has 8 atom stereocenters. The van der Waals surface area contributed by atoms with Gasteiger partial charge in [0.2, 0.25) is 0 Å². The highest BCUT2D eigenvalue weighted by atomic mass is 32.1. The van der Waals surface area contributed by atoms with Crippen LogP contribution in [0, 0.1) is 33.5 Å². The molecule has 4 nitrogen and oxygen atoms in total. The summed E-state index contributed by atoms with van der Waals surface area (Å²) in [5, 5.41) is 24.8. The lowest BCUT2D eigenvalue weighted by molar-refractivity contribution is -0.175. The number of allylic oxidation sites excluding steroid dienone is 4. The van der Waals surface area contributed by atoms with E-state index in [1.165, 1.54) is 5.56 Å². The molecule has 6 aliphatic rings. The van der Waals surface area contributed by atoms with Crippen molar-refractivity contribution < 1.29 is 15.0 Å². The predicted octanol–water partition coefficient (Wildman–Crippen LogP) is 7.85. The summed E-state index contributed by atoms with van der Waals surface area (Å²) in [7, 11) is 2.15. The van der Waals surface area contributed by atoms with Crippen LogP contribution in [0.4, 0.5) is 0 Å². The SMILES string of the molecule is CN(CCc1ccccc1)CC1(O)CCC2C34C=CC5(C=C3C(=O)c3cc6ccccc6s3)CC(O)CCC5(C)C4CCC21C. The zero-order valence-corrected chi connectivity index (χ0v) is 27.8. The van der Waals surface area contributed by atoms with Gasteiger partial charge in [0.1, 0.15) is 0 Å². The van der Waals surface area contributed by atoms with Crippen molar-refractivity contribution in [3.05, 3.63) is 94.9 Å². The molecule has 6 aliphatic carbocycles. The quantitative estimate of drug-likeness (QED) is 0.208. The molecular weight excluding hydrogens is 575 g/mol. The molecule has 2 spiro atoms. The minimum atomic E-state index is -0.821. The Morgan fingerprint density at radius 2 is 1.64 bits per heavy atom. The molecule has 2 bridgehead atoms. The summed E-state index contributed by atoms with van der Waals surface area (Å²) in [4.78, 5) is 18.0. The zero-order valence-electron chi connectivity index (χ0n) is 27.0. The van der Waals surface area contributed by atoms with Crippen LogP contribution in [0.3, 0.4) is 0 Å². The van der Waals surface area contributed by atoms with Crippen LogP contribution < -0.4 is 0 Å². The lowest BCUT2D eigenvalue weighted by Crippen LogP contribution is -2.67. The van der Waals surface area contributed by atoms with E-state index in [1.807, 2.05) is 12.1 Å². The van der Waals surface area contributed by atoms with Gasteiger partial charge in [-0.3, -0.25) is 4.79 Å².